The number of piperazine rings is 1. The van der Waals surface area contributed by atoms with Crippen molar-refractivity contribution in [2.45, 2.75) is 32.0 Å². The average Bonchev–Trinajstić information content (AvgIpc) is 3.35. The highest BCUT2D eigenvalue weighted by molar-refractivity contribution is 6.31. The van der Waals surface area contributed by atoms with Crippen LogP contribution < -0.4 is 10.1 Å². The molecule has 4 aromatic rings. The van der Waals surface area contributed by atoms with Gasteiger partial charge in [-0.1, -0.05) is 48.0 Å². The van der Waals surface area contributed by atoms with E-state index in [4.69, 9.17) is 16.3 Å². The molecule has 0 spiro atoms. The summed E-state index contributed by atoms with van der Waals surface area (Å²) in [6.07, 6.45) is 4.59. The molecular weight excluding hydrogens is 511 g/mol. The van der Waals surface area contributed by atoms with Crippen LogP contribution in [-0.2, 0) is 13.1 Å². The molecule has 0 saturated carbocycles. The summed E-state index contributed by atoms with van der Waals surface area (Å²) in [5.41, 5.74) is 6.18. The summed E-state index contributed by atoms with van der Waals surface area (Å²) in [6.45, 7) is 7.30. The number of piperidine rings is 1. The van der Waals surface area contributed by atoms with Gasteiger partial charge >= 0.3 is 0 Å². The monoisotopic (exact) mass is 546 g/mol. The summed E-state index contributed by atoms with van der Waals surface area (Å²) < 4.78 is 20.2. The SMILES string of the molecule is FCOc1ccc(-c2cn(C3CCNCC3)c3ccc(CN4CCN(Cc5ccccc5Cl)CC4)cc23)cc1. The number of hydrogen-bond donors (Lipinski definition) is 1. The quantitative estimate of drug-likeness (QED) is 0.273. The average molecular weight is 547 g/mol. The second-order valence-electron chi connectivity index (χ2n) is 10.7. The van der Waals surface area contributed by atoms with Gasteiger partial charge in [-0.15, -0.1) is 0 Å². The zero-order valence-electron chi connectivity index (χ0n) is 22.3. The van der Waals surface area contributed by atoms with Crippen LogP contribution >= 0.6 is 11.6 Å². The van der Waals surface area contributed by atoms with Gasteiger partial charge in [-0.05, 0) is 73.0 Å². The molecule has 3 heterocycles. The number of nitrogens with zero attached hydrogens (tertiary/aromatic N) is 3. The third kappa shape index (κ3) is 5.99. The fraction of sp³-hybridized carbons (Fsp3) is 0.375. The van der Waals surface area contributed by atoms with Crippen LogP contribution in [0, 0.1) is 0 Å². The molecule has 7 heteroatoms. The van der Waals surface area contributed by atoms with Gasteiger partial charge in [-0.25, -0.2) is 4.39 Å². The highest BCUT2D eigenvalue weighted by atomic mass is 35.5. The minimum atomic E-state index is -0.814. The maximum atomic E-state index is 12.6. The molecule has 0 aliphatic carbocycles. The summed E-state index contributed by atoms with van der Waals surface area (Å²) >= 11 is 6.39. The first-order valence-corrected chi connectivity index (χ1v) is 14.4. The van der Waals surface area contributed by atoms with Gasteiger partial charge in [0.25, 0.3) is 0 Å². The summed E-state index contributed by atoms with van der Waals surface area (Å²) in [4.78, 5) is 5.05. The van der Waals surface area contributed by atoms with Gasteiger partial charge in [0.15, 0.2) is 0 Å². The Morgan fingerprint density at radius 1 is 0.872 bits per heavy atom. The number of alkyl halides is 1. The molecule has 2 aliphatic heterocycles. The van der Waals surface area contributed by atoms with Crippen LogP contribution in [0.4, 0.5) is 4.39 Å². The highest BCUT2D eigenvalue weighted by Crippen LogP contribution is 2.36. The Labute approximate surface area is 235 Å². The van der Waals surface area contributed by atoms with Crippen molar-refractivity contribution >= 4 is 22.5 Å². The molecule has 39 heavy (non-hydrogen) atoms. The van der Waals surface area contributed by atoms with Crippen molar-refractivity contribution in [2.24, 2.45) is 0 Å². The molecule has 6 rings (SSSR count). The molecule has 2 saturated heterocycles. The minimum Gasteiger partial charge on any atom is -0.463 e. The van der Waals surface area contributed by atoms with E-state index in [-0.39, 0.29) is 0 Å². The van der Waals surface area contributed by atoms with Crippen molar-refractivity contribution in [1.82, 2.24) is 19.7 Å². The highest BCUT2D eigenvalue weighted by Gasteiger charge is 2.21. The van der Waals surface area contributed by atoms with E-state index in [0.717, 1.165) is 75.8 Å². The summed E-state index contributed by atoms with van der Waals surface area (Å²) in [5.74, 6) is 0.553. The molecule has 5 nitrogen and oxygen atoms in total. The molecule has 1 N–H and O–H groups in total. The van der Waals surface area contributed by atoms with Crippen molar-refractivity contribution < 1.29 is 9.13 Å². The van der Waals surface area contributed by atoms with Gasteiger partial charge in [-0.3, -0.25) is 9.80 Å². The Morgan fingerprint density at radius 2 is 1.59 bits per heavy atom. The van der Waals surface area contributed by atoms with Gasteiger partial charge in [0.05, 0.1) is 0 Å². The number of ether oxygens (including phenoxy) is 1. The van der Waals surface area contributed by atoms with E-state index in [1.165, 1.54) is 27.6 Å². The smallest absolute Gasteiger partial charge is 0.228 e. The molecule has 2 aliphatic rings. The van der Waals surface area contributed by atoms with Crippen molar-refractivity contribution in [3.63, 3.8) is 0 Å². The van der Waals surface area contributed by atoms with Gasteiger partial charge in [0, 0.05) is 73.0 Å². The number of benzene rings is 3. The Bertz CT molecular complexity index is 1390. The third-order valence-electron chi connectivity index (χ3n) is 8.21. The van der Waals surface area contributed by atoms with Crippen molar-refractivity contribution in [3.8, 4) is 16.9 Å². The molecular formula is C32H36ClFN4O. The van der Waals surface area contributed by atoms with Crippen LogP contribution in [0.3, 0.4) is 0 Å². The molecule has 0 bridgehead atoms. The maximum absolute atomic E-state index is 12.6. The topological polar surface area (TPSA) is 32.7 Å². The van der Waals surface area contributed by atoms with E-state index < -0.39 is 6.86 Å². The Kier molecular flexibility index (Phi) is 8.16. The lowest BCUT2D eigenvalue weighted by Gasteiger charge is -2.35. The van der Waals surface area contributed by atoms with Gasteiger partial charge < -0.3 is 14.6 Å². The first-order valence-electron chi connectivity index (χ1n) is 14.0. The predicted molar refractivity (Wildman–Crippen MR) is 157 cm³/mol. The van der Waals surface area contributed by atoms with Crippen molar-refractivity contribution in [1.29, 1.82) is 0 Å². The first-order chi connectivity index (χ1) is 19.2. The lowest BCUT2D eigenvalue weighted by molar-refractivity contribution is 0.122. The van der Waals surface area contributed by atoms with Crippen LogP contribution in [-0.4, -0.2) is 60.5 Å². The molecule has 2 fully saturated rings. The molecule has 1 aromatic heterocycles. The standard InChI is InChI=1S/C32H36ClFN4O/c33-31-4-2-1-3-26(31)21-37-17-15-36(16-18-37)20-24-5-10-32-29(19-24)30(22-38(32)27-11-13-35-14-12-27)25-6-8-28(9-7-25)39-23-34/h1-10,19,22,27,35H,11-18,20-21,23H2. The predicted octanol–water partition coefficient (Wildman–Crippen LogP) is 6.51. The van der Waals surface area contributed by atoms with E-state index in [0.29, 0.717) is 11.8 Å². The van der Waals surface area contributed by atoms with Crippen LogP contribution in [0.15, 0.2) is 72.9 Å². The van der Waals surface area contributed by atoms with Crippen molar-refractivity contribution in [3.05, 3.63) is 89.1 Å². The van der Waals surface area contributed by atoms with Gasteiger partial charge in [0.1, 0.15) is 5.75 Å². The van der Waals surface area contributed by atoms with Gasteiger partial charge in [-0.2, -0.15) is 0 Å². The third-order valence-corrected chi connectivity index (χ3v) is 8.58. The number of aromatic nitrogens is 1. The van der Waals surface area contributed by atoms with Gasteiger partial charge in [0.2, 0.25) is 6.86 Å². The molecule has 0 amide bonds. The number of hydrogen-bond acceptors (Lipinski definition) is 4. The fourth-order valence-electron chi connectivity index (χ4n) is 6.04. The second-order valence-corrected chi connectivity index (χ2v) is 11.1. The van der Waals surface area contributed by atoms with Crippen LogP contribution in [0.5, 0.6) is 5.75 Å². The van der Waals surface area contributed by atoms with E-state index in [1.54, 1.807) is 0 Å². The van der Waals surface area contributed by atoms with E-state index in [1.807, 2.05) is 36.4 Å². The largest absolute Gasteiger partial charge is 0.463 e. The lowest BCUT2D eigenvalue weighted by atomic mass is 10.0. The Hall–Kier alpha value is -2.90. The molecule has 0 radical (unpaired) electrons. The number of nitrogens with one attached hydrogen (secondary N) is 1. The summed E-state index contributed by atoms with van der Waals surface area (Å²) in [6, 6.07) is 23.4. The number of halogens is 2. The van der Waals surface area contributed by atoms with E-state index >= 15 is 0 Å². The second kappa shape index (κ2) is 12.1. The van der Waals surface area contributed by atoms with Crippen LogP contribution in [0.1, 0.15) is 30.0 Å². The minimum absolute atomic E-state index is 0.494. The summed E-state index contributed by atoms with van der Waals surface area (Å²) in [7, 11) is 0. The first kappa shape index (κ1) is 26.3. The summed E-state index contributed by atoms with van der Waals surface area (Å²) in [5, 5.41) is 5.62. The lowest BCUT2D eigenvalue weighted by Crippen LogP contribution is -2.45. The van der Waals surface area contributed by atoms with Crippen molar-refractivity contribution in [2.75, 3.05) is 46.1 Å². The Balaban J connectivity index is 1.21. The van der Waals surface area contributed by atoms with E-state index in [2.05, 4.69) is 56.2 Å². The van der Waals surface area contributed by atoms with E-state index in [9.17, 15) is 4.39 Å². The number of rotatable bonds is 8. The van der Waals surface area contributed by atoms with Crippen LogP contribution in [0.25, 0.3) is 22.0 Å². The Morgan fingerprint density at radius 3 is 2.31 bits per heavy atom. The fourth-order valence-corrected chi connectivity index (χ4v) is 6.24. The maximum Gasteiger partial charge on any atom is 0.228 e. The number of fused-ring (bicyclic) bond motifs is 1. The molecule has 204 valence electrons. The zero-order chi connectivity index (χ0) is 26.6. The molecule has 0 atom stereocenters. The van der Waals surface area contributed by atoms with Crippen LogP contribution in [0.2, 0.25) is 5.02 Å². The zero-order valence-corrected chi connectivity index (χ0v) is 23.0. The normalized spacial score (nSPS) is 17.6. The molecule has 3 aromatic carbocycles. The molecule has 0 unspecified atom stereocenters.